The molecule has 1 aromatic heterocycles. The van der Waals surface area contributed by atoms with E-state index in [1.165, 1.54) is 22.3 Å². The summed E-state index contributed by atoms with van der Waals surface area (Å²) < 4.78 is 1.95. The van der Waals surface area contributed by atoms with Gasteiger partial charge in [0.1, 0.15) is 6.61 Å². The summed E-state index contributed by atoms with van der Waals surface area (Å²) in [6.45, 7) is 6.88. The van der Waals surface area contributed by atoms with Crippen LogP contribution in [-0.4, -0.2) is 4.73 Å². The van der Waals surface area contributed by atoms with Crippen LogP contribution in [0.3, 0.4) is 0 Å². The first-order valence-electron chi connectivity index (χ1n) is 7.58. The molecule has 0 saturated heterocycles. The third kappa shape index (κ3) is 2.91. The molecule has 22 heavy (non-hydrogen) atoms. The van der Waals surface area contributed by atoms with Crippen molar-refractivity contribution in [2.45, 2.75) is 27.4 Å². The number of hydrogen-bond acceptors (Lipinski definition) is 1. The van der Waals surface area contributed by atoms with Crippen LogP contribution in [0.2, 0.25) is 0 Å². The smallest absolute Gasteiger partial charge is 0.140 e. The lowest BCUT2D eigenvalue weighted by atomic mass is 10.1. The largest absolute Gasteiger partial charge is 0.409 e. The van der Waals surface area contributed by atoms with E-state index in [1.54, 1.807) is 0 Å². The van der Waals surface area contributed by atoms with Crippen LogP contribution in [0.15, 0.2) is 60.7 Å². The third-order valence-corrected chi connectivity index (χ3v) is 4.00. The van der Waals surface area contributed by atoms with Crippen molar-refractivity contribution in [3.63, 3.8) is 0 Å². The first kappa shape index (κ1) is 14.5. The molecule has 2 nitrogen and oxygen atoms in total. The van der Waals surface area contributed by atoms with Crippen LogP contribution in [0.1, 0.15) is 22.4 Å². The third-order valence-electron chi connectivity index (χ3n) is 4.00. The molecule has 0 radical (unpaired) electrons. The van der Waals surface area contributed by atoms with Crippen LogP contribution in [0.4, 0.5) is 0 Å². The summed E-state index contributed by atoms with van der Waals surface area (Å²) in [5, 5.41) is 0. The highest BCUT2D eigenvalue weighted by atomic mass is 16.7. The topological polar surface area (TPSA) is 14.2 Å². The van der Waals surface area contributed by atoms with Gasteiger partial charge in [-0.3, -0.25) is 0 Å². The van der Waals surface area contributed by atoms with Crippen LogP contribution in [0, 0.1) is 20.8 Å². The van der Waals surface area contributed by atoms with Crippen molar-refractivity contribution in [2.75, 3.05) is 0 Å². The van der Waals surface area contributed by atoms with E-state index in [0.717, 1.165) is 11.4 Å². The standard InChI is InChI=1S/C20H21NO/c1-15-9-11-19(12-10-15)20-13-16(2)17(3)21(20)22-14-18-7-5-4-6-8-18/h4-13H,14H2,1-3H3. The van der Waals surface area contributed by atoms with Crippen molar-refractivity contribution < 1.29 is 4.84 Å². The molecule has 0 N–H and O–H groups in total. The fourth-order valence-electron chi connectivity index (χ4n) is 2.51. The Morgan fingerprint density at radius 3 is 2.23 bits per heavy atom. The first-order chi connectivity index (χ1) is 10.6. The van der Waals surface area contributed by atoms with Crippen molar-refractivity contribution in [3.05, 3.63) is 83.0 Å². The molecule has 0 atom stereocenters. The van der Waals surface area contributed by atoms with Crippen molar-refractivity contribution in [1.29, 1.82) is 0 Å². The predicted octanol–water partition coefficient (Wildman–Crippen LogP) is 4.71. The van der Waals surface area contributed by atoms with Crippen LogP contribution < -0.4 is 4.84 Å². The number of rotatable bonds is 4. The summed E-state index contributed by atoms with van der Waals surface area (Å²) in [4.78, 5) is 6.08. The van der Waals surface area contributed by atoms with Gasteiger partial charge < -0.3 is 4.84 Å². The fraction of sp³-hybridized carbons (Fsp3) is 0.200. The molecule has 0 amide bonds. The Bertz CT molecular complexity index is 754. The molecule has 0 bridgehead atoms. The molecule has 2 heteroatoms. The second-order valence-electron chi connectivity index (χ2n) is 5.72. The monoisotopic (exact) mass is 291 g/mol. The second kappa shape index (κ2) is 6.10. The number of nitrogens with zero attached hydrogens (tertiary/aromatic N) is 1. The Balaban J connectivity index is 1.91. The molecule has 1 heterocycles. The summed E-state index contributed by atoms with van der Waals surface area (Å²) in [5.74, 6) is 0. The van der Waals surface area contributed by atoms with Crippen LogP contribution in [0.25, 0.3) is 11.3 Å². The van der Waals surface area contributed by atoms with E-state index in [9.17, 15) is 0 Å². The summed E-state index contributed by atoms with van der Waals surface area (Å²) in [7, 11) is 0. The minimum Gasteiger partial charge on any atom is -0.409 e. The molecule has 0 spiro atoms. The van der Waals surface area contributed by atoms with Gasteiger partial charge in [-0.25, -0.2) is 0 Å². The minimum atomic E-state index is 0.564. The van der Waals surface area contributed by atoms with E-state index < -0.39 is 0 Å². The van der Waals surface area contributed by atoms with E-state index in [4.69, 9.17) is 4.84 Å². The van der Waals surface area contributed by atoms with Crippen molar-refractivity contribution in [3.8, 4) is 11.3 Å². The lowest BCUT2D eigenvalue weighted by molar-refractivity contribution is 0.0970. The molecule has 0 aliphatic rings. The van der Waals surface area contributed by atoms with E-state index in [-0.39, 0.29) is 0 Å². The zero-order chi connectivity index (χ0) is 15.5. The van der Waals surface area contributed by atoms with Gasteiger partial charge in [0.2, 0.25) is 0 Å². The van der Waals surface area contributed by atoms with E-state index in [1.807, 2.05) is 22.9 Å². The number of hydrogen-bond donors (Lipinski definition) is 0. The lowest BCUT2D eigenvalue weighted by Crippen LogP contribution is -2.14. The zero-order valence-corrected chi connectivity index (χ0v) is 13.3. The minimum absolute atomic E-state index is 0.564. The first-order valence-corrected chi connectivity index (χ1v) is 7.58. The van der Waals surface area contributed by atoms with Gasteiger partial charge in [0.05, 0.1) is 11.4 Å². The summed E-state index contributed by atoms with van der Waals surface area (Å²) >= 11 is 0. The summed E-state index contributed by atoms with van der Waals surface area (Å²) in [5.41, 5.74) is 7.10. The molecular formula is C20H21NO. The Labute approximate surface area is 131 Å². The second-order valence-corrected chi connectivity index (χ2v) is 5.72. The molecule has 3 aromatic rings. The van der Waals surface area contributed by atoms with E-state index in [0.29, 0.717) is 6.61 Å². The number of aromatic nitrogens is 1. The molecule has 0 fully saturated rings. The zero-order valence-electron chi connectivity index (χ0n) is 13.3. The van der Waals surface area contributed by atoms with E-state index >= 15 is 0 Å². The highest BCUT2D eigenvalue weighted by Crippen LogP contribution is 2.25. The van der Waals surface area contributed by atoms with Crippen LogP contribution in [-0.2, 0) is 6.61 Å². The molecule has 2 aromatic carbocycles. The van der Waals surface area contributed by atoms with Gasteiger partial charge in [-0.05, 0) is 38.0 Å². The van der Waals surface area contributed by atoms with Crippen molar-refractivity contribution in [2.24, 2.45) is 0 Å². The summed E-state index contributed by atoms with van der Waals surface area (Å²) in [6, 6.07) is 21.0. The maximum absolute atomic E-state index is 6.08. The molecule has 0 unspecified atom stereocenters. The van der Waals surface area contributed by atoms with Gasteiger partial charge in [-0.1, -0.05) is 60.2 Å². The summed E-state index contributed by atoms with van der Waals surface area (Å²) in [6.07, 6.45) is 0. The Kier molecular flexibility index (Phi) is 4.01. The molecule has 112 valence electrons. The van der Waals surface area contributed by atoms with E-state index in [2.05, 4.69) is 63.2 Å². The maximum atomic E-state index is 6.08. The van der Waals surface area contributed by atoms with Crippen molar-refractivity contribution >= 4 is 0 Å². The fourth-order valence-corrected chi connectivity index (χ4v) is 2.51. The quantitative estimate of drug-likeness (QED) is 0.679. The molecule has 0 aliphatic heterocycles. The highest BCUT2D eigenvalue weighted by molar-refractivity contribution is 5.62. The van der Waals surface area contributed by atoms with Crippen LogP contribution in [0.5, 0.6) is 0 Å². The van der Waals surface area contributed by atoms with Gasteiger partial charge in [-0.15, -0.1) is 0 Å². The van der Waals surface area contributed by atoms with Crippen molar-refractivity contribution in [1.82, 2.24) is 4.73 Å². The SMILES string of the molecule is Cc1ccc(-c2cc(C)c(C)n2OCc2ccccc2)cc1. The highest BCUT2D eigenvalue weighted by Gasteiger charge is 2.12. The van der Waals surface area contributed by atoms with Gasteiger partial charge in [0.25, 0.3) is 0 Å². The average Bonchev–Trinajstić information content (AvgIpc) is 2.82. The molecular weight excluding hydrogens is 270 g/mol. The van der Waals surface area contributed by atoms with Gasteiger partial charge in [0.15, 0.2) is 0 Å². The van der Waals surface area contributed by atoms with Gasteiger partial charge in [-0.2, -0.15) is 4.73 Å². The maximum Gasteiger partial charge on any atom is 0.140 e. The molecule has 0 aliphatic carbocycles. The number of aryl methyl sites for hydroxylation is 2. The number of benzene rings is 2. The Morgan fingerprint density at radius 1 is 0.864 bits per heavy atom. The lowest BCUT2D eigenvalue weighted by Gasteiger charge is -2.14. The van der Waals surface area contributed by atoms with Gasteiger partial charge in [0, 0.05) is 5.56 Å². The Morgan fingerprint density at radius 2 is 1.55 bits per heavy atom. The predicted molar refractivity (Wildman–Crippen MR) is 90.8 cm³/mol. The van der Waals surface area contributed by atoms with Gasteiger partial charge >= 0.3 is 0 Å². The normalized spacial score (nSPS) is 10.7. The average molecular weight is 291 g/mol. The molecule has 3 rings (SSSR count). The van der Waals surface area contributed by atoms with Crippen LogP contribution >= 0.6 is 0 Å². The molecule has 0 saturated carbocycles. The Hall–Kier alpha value is -2.48.